The second-order valence-electron chi connectivity index (χ2n) is 1.80. The standard InChI is InChI=1S/C4H4BrClO2S/c5-3-1-9(7,8)2-4(3)6/h2-3H,1H2/t3-/m0/s1. The molecule has 0 aliphatic carbocycles. The summed E-state index contributed by atoms with van der Waals surface area (Å²) >= 11 is 8.58. The lowest BCUT2D eigenvalue weighted by Crippen LogP contribution is -2.03. The molecule has 1 aliphatic rings. The van der Waals surface area contributed by atoms with E-state index in [4.69, 9.17) is 11.6 Å². The minimum atomic E-state index is -2.99. The van der Waals surface area contributed by atoms with Gasteiger partial charge in [0, 0.05) is 10.4 Å². The van der Waals surface area contributed by atoms with Gasteiger partial charge >= 0.3 is 0 Å². The molecule has 0 saturated carbocycles. The molecule has 0 spiro atoms. The normalized spacial score (nSPS) is 32.2. The lowest BCUT2D eigenvalue weighted by atomic mass is 10.5. The Balaban J connectivity index is 3.01. The summed E-state index contributed by atoms with van der Waals surface area (Å²) in [4.78, 5) is -0.191. The molecule has 0 amide bonds. The predicted molar refractivity (Wildman–Crippen MR) is 40.4 cm³/mol. The molecule has 0 aromatic heterocycles. The number of alkyl halides is 1. The van der Waals surface area contributed by atoms with Crippen LogP contribution in [0, 0.1) is 0 Å². The number of halogens is 2. The molecular formula is C4H4BrClO2S. The van der Waals surface area contributed by atoms with Crippen LogP contribution in [0.3, 0.4) is 0 Å². The van der Waals surface area contributed by atoms with Gasteiger partial charge < -0.3 is 0 Å². The van der Waals surface area contributed by atoms with Crippen molar-refractivity contribution in [2.24, 2.45) is 0 Å². The summed E-state index contributed by atoms with van der Waals surface area (Å²) in [5, 5.41) is 1.46. The monoisotopic (exact) mass is 230 g/mol. The molecule has 0 unspecified atom stereocenters. The maximum Gasteiger partial charge on any atom is 0.174 e. The number of rotatable bonds is 0. The zero-order valence-electron chi connectivity index (χ0n) is 4.34. The molecule has 0 aromatic carbocycles. The molecule has 1 heterocycles. The van der Waals surface area contributed by atoms with Gasteiger partial charge in [-0.15, -0.1) is 0 Å². The summed E-state index contributed by atoms with van der Waals surface area (Å²) in [6.07, 6.45) is 0. The van der Waals surface area contributed by atoms with Gasteiger partial charge in [0.15, 0.2) is 9.84 Å². The largest absolute Gasteiger partial charge is 0.224 e. The van der Waals surface area contributed by atoms with E-state index < -0.39 is 9.84 Å². The van der Waals surface area contributed by atoms with E-state index in [1.165, 1.54) is 0 Å². The fourth-order valence-electron chi connectivity index (χ4n) is 0.577. The SMILES string of the molecule is O=S1(=O)C=C(Cl)[C@@H](Br)C1. The Labute approximate surface area is 66.9 Å². The smallest absolute Gasteiger partial charge is 0.174 e. The third kappa shape index (κ3) is 1.69. The van der Waals surface area contributed by atoms with Crippen LogP contribution < -0.4 is 0 Å². The van der Waals surface area contributed by atoms with Crippen LogP contribution in [0.4, 0.5) is 0 Å². The number of sulfone groups is 1. The van der Waals surface area contributed by atoms with Crippen LogP contribution in [0.25, 0.3) is 0 Å². The van der Waals surface area contributed by atoms with Gasteiger partial charge in [-0.25, -0.2) is 8.42 Å². The van der Waals surface area contributed by atoms with Crippen molar-refractivity contribution in [3.63, 3.8) is 0 Å². The van der Waals surface area contributed by atoms with Crippen LogP contribution in [-0.4, -0.2) is 19.0 Å². The van der Waals surface area contributed by atoms with E-state index in [2.05, 4.69) is 15.9 Å². The molecule has 1 atom stereocenters. The van der Waals surface area contributed by atoms with Crippen molar-refractivity contribution in [1.82, 2.24) is 0 Å². The van der Waals surface area contributed by atoms with Crippen LogP contribution in [0.1, 0.15) is 0 Å². The molecule has 0 aromatic rings. The Bertz CT molecular complexity index is 243. The number of hydrogen-bond acceptors (Lipinski definition) is 2. The number of hydrogen-bond donors (Lipinski definition) is 0. The van der Waals surface area contributed by atoms with Gasteiger partial charge in [0.1, 0.15) is 0 Å². The predicted octanol–water partition coefficient (Wildman–Crippen LogP) is 1.26. The zero-order chi connectivity index (χ0) is 7.07. The summed E-state index contributed by atoms with van der Waals surface area (Å²) < 4.78 is 21.3. The fourth-order valence-corrected chi connectivity index (χ4v) is 3.76. The molecule has 5 heteroatoms. The van der Waals surface area contributed by atoms with E-state index in [1.807, 2.05) is 0 Å². The van der Waals surface area contributed by atoms with E-state index >= 15 is 0 Å². The fraction of sp³-hybridized carbons (Fsp3) is 0.500. The van der Waals surface area contributed by atoms with Gasteiger partial charge in [-0.2, -0.15) is 0 Å². The molecular weight excluding hydrogens is 227 g/mol. The third-order valence-corrected chi connectivity index (χ3v) is 4.39. The lowest BCUT2D eigenvalue weighted by molar-refractivity contribution is 0.607. The quantitative estimate of drug-likeness (QED) is 0.588. The van der Waals surface area contributed by atoms with Gasteiger partial charge in [0.05, 0.1) is 10.6 Å². The average Bonchev–Trinajstić information content (AvgIpc) is 1.79. The van der Waals surface area contributed by atoms with Crippen molar-refractivity contribution < 1.29 is 8.42 Å². The van der Waals surface area contributed by atoms with Crippen LogP contribution >= 0.6 is 27.5 Å². The van der Waals surface area contributed by atoms with Crippen molar-refractivity contribution in [1.29, 1.82) is 0 Å². The minimum absolute atomic E-state index is 0.0891. The lowest BCUT2D eigenvalue weighted by Gasteiger charge is -1.93. The van der Waals surface area contributed by atoms with Crippen molar-refractivity contribution in [2.75, 3.05) is 5.75 Å². The van der Waals surface area contributed by atoms with Gasteiger partial charge in [0.2, 0.25) is 0 Å². The second-order valence-corrected chi connectivity index (χ2v) is 5.24. The zero-order valence-corrected chi connectivity index (χ0v) is 7.50. The van der Waals surface area contributed by atoms with Gasteiger partial charge in [0.25, 0.3) is 0 Å². The first kappa shape index (κ1) is 7.57. The average molecular weight is 231 g/mol. The summed E-state index contributed by atoms with van der Waals surface area (Å²) in [7, 11) is -2.99. The van der Waals surface area contributed by atoms with Crippen LogP contribution in [-0.2, 0) is 9.84 Å². The first-order valence-electron chi connectivity index (χ1n) is 2.25. The van der Waals surface area contributed by atoms with Crippen molar-refractivity contribution in [3.8, 4) is 0 Å². The molecule has 9 heavy (non-hydrogen) atoms. The van der Waals surface area contributed by atoms with E-state index in [1.54, 1.807) is 0 Å². The van der Waals surface area contributed by atoms with E-state index in [9.17, 15) is 8.42 Å². The summed E-state index contributed by atoms with van der Waals surface area (Å²) in [5.74, 6) is 0.0891. The topological polar surface area (TPSA) is 34.1 Å². The van der Waals surface area contributed by atoms with Gasteiger partial charge in [-0.1, -0.05) is 27.5 Å². The highest BCUT2D eigenvalue weighted by molar-refractivity contribution is 9.09. The summed E-state index contributed by atoms with van der Waals surface area (Å²) in [6, 6.07) is 0. The molecule has 2 nitrogen and oxygen atoms in total. The minimum Gasteiger partial charge on any atom is -0.224 e. The van der Waals surface area contributed by atoms with Crippen LogP contribution in [0.5, 0.6) is 0 Å². The number of allylic oxidation sites excluding steroid dienone is 1. The maximum atomic E-state index is 10.7. The van der Waals surface area contributed by atoms with Gasteiger partial charge in [-0.3, -0.25) is 0 Å². The molecule has 1 aliphatic heterocycles. The molecule has 1 rings (SSSR count). The molecule has 0 radical (unpaired) electrons. The second kappa shape index (κ2) is 2.25. The Morgan fingerprint density at radius 1 is 1.78 bits per heavy atom. The van der Waals surface area contributed by atoms with Crippen LogP contribution in [0.15, 0.2) is 10.4 Å². The Kier molecular flexibility index (Phi) is 1.89. The van der Waals surface area contributed by atoms with E-state index in [0.717, 1.165) is 5.41 Å². The van der Waals surface area contributed by atoms with E-state index in [0.29, 0.717) is 5.03 Å². The van der Waals surface area contributed by atoms with Crippen molar-refractivity contribution in [3.05, 3.63) is 10.4 Å². The summed E-state index contributed by atoms with van der Waals surface area (Å²) in [6.45, 7) is 0. The molecule has 52 valence electrons. The highest BCUT2D eigenvalue weighted by Gasteiger charge is 2.25. The first-order valence-corrected chi connectivity index (χ1v) is 5.26. The Morgan fingerprint density at radius 2 is 2.33 bits per heavy atom. The maximum absolute atomic E-state index is 10.7. The molecule has 0 N–H and O–H groups in total. The molecule has 0 saturated heterocycles. The molecule has 0 fully saturated rings. The Hall–Kier alpha value is 0.460. The summed E-state index contributed by atoms with van der Waals surface area (Å²) in [5.41, 5.74) is 0. The van der Waals surface area contributed by atoms with Gasteiger partial charge in [-0.05, 0) is 0 Å². The van der Waals surface area contributed by atoms with Crippen molar-refractivity contribution in [2.45, 2.75) is 4.83 Å². The third-order valence-electron chi connectivity index (χ3n) is 0.970. The van der Waals surface area contributed by atoms with E-state index in [-0.39, 0.29) is 10.6 Å². The molecule has 0 bridgehead atoms. The van der Waals surface area contributed by atoms with Crippen molar-refractivity contribution >= 4 is 37.4 Å². The Morgan fingerprint density at radius 3 is 2.44 bits per heavy atom. The highest BCUT2D eigenvalue weighted by atomic mass is 79.9. The highest BCUT2D eigenvalue weighted by Crippen LogP contribution is 2.26. The first-order chi connectivity index (χ1) is 4.01. The van der Waals surface area contributed by atoms with Crippen LogP contribution in [0.2, 0.25) is 0 Å².